The van der Waals surface area contributed by atoms with E-state index in [0.717, 1.165) is 22.8 Å². The second kappa shape index (κ2) is 5.45. The van der Waals surface area contributed by atoms with E-state index in [4.69, 9.17) is 10.2 Å². The molecular weight excluding hydrogens is 243 g/mol. The molecule has 1 aromatic heterocycles. The summed E-state index contributed by atoms with van der Waals surface area (Å²) in [5, 5.41) is 0. The summed E-state index contributed by atoms with van der Waals surface area (Å²) in [6, 6.07) is 8.35. The van der Waals surface area contributed by atoms with Crippen LogP contribution in [0.4, 0.5) is 10.1 Å². The lowest BCUT2D eigenvalue weighted by Crippen LogP contribution is -2.20. The molecule has 3 nitrogen and oxygen atoms in total. The van der Waals surface area contributed by atoms with Gasteiger partial charge in [0.05, 0.1) is 6.54 Å². The molecule has 1 aromatic carbocycles. The van der Waals surface area contributed by atoms with Crippen molar-refractivity contribution in [1.82, 2.24) is 0 Å². The van der Waals surface area contributed by atoms with E-state index in [9.17, 15) is 4.39 Å². The minimum Gasteiger partial charge on any atom is -0.464 e. The first-order valence-electron chi connectivity index (χ1n) is 6.29. The maximum Gasteiger partial charge on any atom is 0.123 e. The van der Waals surface area contributed by atoms with Gasteiger partial charge >= 0.3 is 0 Å². The highest BCUT2D eigenvalue weighted by atomic mass is 19.1. The summed E-state index contributed by atoms with van der Waals surface area (Å²) in [6.07, 6.45) is 0. The molecular formula is C15H19FN2O. The Labute approximate surface area is 112 Å². The molecule has 0 bridgehead atoms. The third-order valence-electron chi connectivity index (χ3n) is 3.08. The molecule has 0 fully saturated rings. The first-order valence-corrected chi connectivity index (χ1v) is 6.29. The highest BCUT2D eigenvalue weighted by Crippen LogP contribution is 2.26. The molecule has 102 valence electrons. The SMILES string of the molecule is Cc1ccc(CN(C)c2ccc(F)cc2C(C)N)o1. The highest BCUT2D eigenvalue weighted by Gasteiger charge is 2.13. The second-order valence-electron chi connectivity index (χ2n) is 4.86. The van der Waals surface area contributed by atoms with Gasteiger partial charge in [0.15, 0.2) is 0 Å². The lowest BCUT2D eigenvalue weighted by atomic mass is 10.1. The van der Waals surface area contributed by atoms with Gasteiger partial charge in [0.25, 0.3) is 0 Å². The summed E-state index contributed by atoms with van der Waals surface area (Å²) < 4.78 is 18.9. The molecule has 0 saturated carbocycles. The molecule has 1 atom stereocenters. The van der Waals surface area contributed by atoms with Gasteiger partial charge < -0.3 is 15.1 Å². The normalized spacial score (nSPS) is 12.5. The van der Waals surface area contributed by atoms with Crippen LogP contribution < -0.4 is 10.6 Å². The van der Waals surface area contributed by atoms with Crippen LogP contribution in [0.25, 0.3) is 0 Å². The summed E-state index contributed by atoms with van der Waals surface area (Å²) >= 11 is 0. The molecule has 0 aliphatic heterocycles. The highest BCUT2D eigenvalue weighted by molar-refractivity contribution is 5.54. The van der Waals surface area contributed by atoms with Crippen LogP contribution in [0.1, 0.15) is 30.0 Å². The number of halogens is 1. The molecule has 0 saturated heterocycles. The largest absolute Gasteiger partial charge is 0.464 e. The molecule has 2 aromatic rings. The minimum atomic E-state index is -0.265. The summed E-state index contributed by atoms with van der Waals surface area (Å²) in [5.74, 6) is 1.49. The molecule has 0 amide bonds. The van der Waals surface area contributed by atoms with Crippen LogP contribution in [0.2, 0.25) is 0 Å². The number of nitrogens with two attached hydrogens (primary N) is 1. The van der Waals surface area contributed by atoms with Crippen molar-refractivity contribution in [3.05, 3.63) is 53.2 Å². The molecule has 19 heavy (non-hydrogen) atoms. The number of benzene rings is 1. The predicted molar refractivity (Wildman–Crippen MR) is 74.6 cm³/mol. The van der Waals surface area contributed by atoms with Crippen LogP contribution in [0, 0.1) is 12.7 Å². The quantitative estimate of drug-likeness (QED) is 0.918. The summed E-state index contributed by atoms with van der Waals surface area (Å²) in [7, 11) is 1.94. The van der Waals surface area contributed by atoms with Gasteiger partial charge in [-0.1, -0.05) is 0 Å². The second-order valence-corrected chi connectivity index (χ2v) is 4.86. The Morgan fingerprint density at radius 3 is 2.63 bits per heavy atom. The van der Waals surface area contributed by atoms with Gasteiger partial charge in [-0.3, -0.25) is 0 Å². The fourth-order valence-electron chi connectivity index (χ4n) is 2.13. The van der Waals surface area contributed by atoms with E-state index >= 15 is 0 Å². The van der Waals surface area contributed by atoms with Gasteiger partial charge in [0.2, 0.25) is 0 Å². The van der Waals surface area contributed by atoms with Crippen LogP contribution in [-0.4, -0.2) is 7.05 Å². The van der Waals surface area contributed by atoms with Crippen molar-refractivity contribution in [3.63, 3.8) is 0 Å². The average molecular weight is 262 g/mol. The molecule has 1 unspecified atom stereocenters. The first-order chi connectivity index (χ1) is 8.97. The van der Waals surface area contributed by atoms with E-state index in [1.165, 1.54) is 12.1 Å². The Kier molecular flexibility index (Phi) is 3.90. The molecule has 1 heterocycles. The number of nitrogens with zero attached hydrogens (tertiary/aromatic N) is 1. The lowest BCUT2D eigenvalue weighted by Gasteiger charge is -2.23. The maximum absolute atomic E-state index is 13.3. The Morgan fingerprint density at radius 2 is 2.05 bits per heavy atom. The van der Waals surface area contributed by atoms with Crippen molar-refractivity contribution in [2.75, 3.05) is 11.9 Å². The summed E-state index contributed by atoms with van der Waals surface area (Å²) in [4.78, 5) is 2.01. The summed E-state index contributed by atoms with van der Waals surface area (Å²) in [6.45, 7) is 4.39. The zero-order chi connectivity index (χ0) is 14.0. The molecule has 0 radical (unpaired) electrons. The third-order valence-corrected chi connectivity index (χ3v) is 3.08. The van der Waals surface area contributed by atoms with Crippen LogP contribution in [0.5, 0.6) is 0 Å². The van der Waals surface area contributed by atoms with Gasteiger partial charge in [-0.2, -0.15) is 0 Å². The Bertz CT molecular complexity index is 563. The monoisotopic (exact) mass is 262 g/mol. The molecule has 0 aliphatic carbocycles. The third kappa shape index (κ3) is 3.15. The topological polar surface area (TPSA) is 42.4 Å². The van der Waals surface area contributed by atoms with E-state index in [0.29, 0.717) is 6.54 Å². The van der Waals surface area contributed by atoms with Crippen LogP contribution in [0.15, 0.2) is 34.7 Å². The Hall–Kier alpha value is -1.81. The Balaban J connectivity index is 2.25. The van der Waals surface area contributed by atoms with Crippen LogP contribution in [0.3, 0.4) is 0 Å². The van der Waals surface area contributed by atoms with Gasteiger partial charge in [0, 0.05) is 18.8 Å². The standard InChI is InChI=1S/C15H19FN2O/c1-10-4-6-13(19-10)9-18(3)15-7-5-12(16)8-14(15)11(2)17/h4-8,11H,9,17H2,1-3H3. The van der Waals surface area contributed by atoms with E-state index in [-0.39, 0.29) is 11.9 Å². The van der Waals surface area contributed by atoms with Crippen molar-refractivity contribution in [3.8, 4) is 0 Å². The maximum atomic E-state index is 13.3. The zero-order valence-electron chi connectivity index (χ0n) is 11.5. The smallest absolute Gasteiger partial charge is 0.123 e. The summed E-state index contributed by atoms with van der Waals surface area (Å²) in [5.41, 5.74) is 7.62. The number of aryl methyl sites for hydroxylation is 1. The average Bonchev–Trinajstić information content (AvgIpc) is 2.74. The minimum absolute atomic E-state index is 0.216. The predicted octanol–water partition coefficient (Wildman–Crippen LogP) is 3.38. The van der Waals surface area contributed by atoms with E-state index < -0.39 is 0 Å². The van der Waals surface area contributed by atoms with Crippen molar-refractivity contribution in [2.24, 2.45) is 5.73 Å². The molecule has 0 spiro atoms. The van der Waals surface area contributed by atoms with Gasteiger partial charge in [0.1, 0.15) is 17.3 Å². The molecule has 0 aliphatic rings. The molecule has 2 N–H and O–H groups in total. The number of rotatable bonds is 4. The van der Waals surface area contributed by atoms with Crippen molar-refractivity contribution in [2.45, 2.75) is 26.4 Å². The lowest BCUT2D eigenvalue weighted by molar-refractivity contribution is 0.481. The van der Waals surface area contributed by atoms with Gasteiger partial charge in [-0.05, 0) is 49.7 Å². The number of anilines is 1. The fraction of sp³-hybridized carbons (Fsp3) is 0.333. The first kappa shape index (κ1) is 13.6. The fourth-order valence-corrected chi connectivity index (χ4v) is 2.13. The number of hydrogen-bond acceptors (Lipinski definition) is 3. The van der Waals surface area contributed by atoms with Crippen LogP contribution >= 0.6 is 0 Å². The van der Waals surface area contributed by atoms with Crippen LogP contribution in [-0.2, 0) is 6.54 Å². The van der Waals surface area contributed by atoms with E-state index in [1.54, 1.807) is 6.07 Å². The van der Waals surface area contributed by atoms with Gasteiger partial charge in [-0.15, -0.1) is 0 Å². The van der Waals surface area contributed by atoms with E-state index in [1.807, 2.05) is 37.9 Å². The number of furan rings is 1. The van der Waals surface area contributed by atoms with Crippen molar-refractivity contribution >= 4 is 5.69 Å². The van der Waals surface area contributed by atoms with Crippen molar-refractivity contribution in [1.29, 1.82) is 0 Å². The number of hydrogen-bond donors (Lipinski definition) is 1. The molecule has 4 heteroatoms. The Morgan fingerprint density at radius 1 is 1.32 bits per heavy atom. The van der Waals surface area contributed by atoms with Gasteiger partial charge in [-0.25, -0.2) is 4.39 Å². The zero-order valence-corrected chi connectivity index (χ0v) is 11.5. The van der Waals surface area contributed by atoms with E-state index in [2.05, 4.69) is 0 Å². The van der Waals surface area contributed by atoms with Crippen molar-refractivity contribution < 1.29 is 8.81 Å². The molecule has 2 rings (SSSR count).